The minimum atomic E-state index is -0.00359. The van der Waals surface area contributed by atoms with Crippen LogP contribution in [0.15, 0.2) is 64.2 Å². The zero-order chi connectivity index (χ0) is 18.2. The molecule has 3 rings (SSSR count). The molecule has 1 amide bonds. The van der Waals surface area contributed by atoms with Crippen LogP contribution in [-0.2, 0) is 16.1 Å². The highest BCUT2D eigenvalue weighted by Crippen LogP contribution is 2.21. The van der Waals surface area contributed by atoms with Gasteiger partial charge >= 0.3 is 0 Å². The number of oxime groups is 1. The summed E-state index contributed by atoms with van der Waals surface area (Å²) in [5.74, 6) is 0.661. The number of hydrogen-bond acceptors (Lipinski definition) is 3. The van der Waals surface area contributed by atoms with Gasteiger partial charge in [-0.1, -0.05) is 63.6 Å². The molecule has 2 aromatic rings. The van der Waals surface area contributed by atoms with Gasteiger partial charge in [-0.3, -0.25) is 4.79 Å². The second kappa shape index (κ2) is 9.53. The molecule has 0 bridgehead atoms. The van der Waals surface area contributed by atoms with Gasteiger partial charge in [0.05, 0.1) is 6.21 Å². The normalized spacial score (nSPS) is 15.3. The van der Waals surface area contributed by atoms with E-state index < -0.39 is 0 Å². The van der Waals surface area contributed by atoms with Crippen LogP contribution in [0.25, 0.3) is 0 Å². The molecular formula is C21H23BrN2O2. The van der Waals surface area contributed by atoms with E-state index in [0.29, 0.717) is 5.92 Å². The van der Waals surface area contributed by atoms with E-state index in [4.69, 9.17) is 4.84 Å². The van der Waals surface area contributed by atoms with Gasteiger partial charge in [0.2, 0.25) is 0 Å². The van der Waals surface area contributed by atoms with Crippen LogP contribution < -0.4 is 0 Å². The first-order chi connectivity index (χ1) is 12.7. The Morgan fingerprint density at radius 1 is 1.12 bits per heavy atom. The lowest BCUT2D eigenvalue weighted by Gasteiger charge is -2.31. The molecular weight excluding hydrogens is 392 g/mol. The molecule has 1 aliphatic rings. The number of piperidine rings is 1. The van der Waals surface area contributed by atoms with Gasteiger partial charge in [-0.25, -0.2) is 0 Å². The van der Waals surface area contributed by atoms with Crippen molar-refractivity contribution >= 4 is 28.1 Å². The maximum atomic E-state index is 12.2. The minimum Gasteiger partial charge on any atom is -0.386 e. The Morgan fingerprint density at radius 3 is 2.50 bits per heavy atom. The molecule has 2 aromatic carbocycles. The molecule has 0 radical (unpaired) electrons. The van der Waals surface area contributed by atoms with Gasteiger partial charge in [0, 0.05) is 17.6 Å². The molecule has 0 saturated carbocycles. The quantitative estimate of drug-likeness (QED) is 0.522. The molecule has 1 heterocycles. The number of carbonyl (C=O) groups is 1. The second-order valence-electron chi connectivity index (χ2n) is 6.57. The summed E-state index contributed by atoms with van der Waals surface area (Å²) in [6.45, 7) is 1.60. The van der Waals surface area contributed by atoms with E-state index in [9.17, 15) is 4.79 Å². The lowest BCUT2D eigenvalue weighted by Crippen LogP contribution is -2.40. The van der Waals surface area contributed by atoms with E-state index in [-0.39, 0.29) is 12.5 Å². The molecule has 1 saturated heterocycles. The van der Waals surface area contributed by atoms with E-state index >= 15 is 0 Å². The fourth-order valence-electron chi connectivity index (χ4n) is 3.16. The molecule has 0 aliphatic carbocycles. The van der Waals surface area contributed by atoms with Crippen LogP contribution in [0.4, 0.5) is 0 Å². The average Bonchev–Trinajstić information content (AvgIpc) is 2.68. The van der Waals surface area contributed by atoms with Crippen molar-refractivity contribution < 1.29 is 9.63 Å². The summed E-state index contributed by atoms with van der Waals surface area (Å²) < 4.78 is 1.02. The van der Waals surface area contributed by atoms with E-state index in [1.807, 2.05) is 35.2 Å². The van der Waals surface area contributed by atoms with Crippen molar-refractivity contribution in [2.45, 2.75) is 19.3 Å². The number of carbonyl (C=O) groups excluding carboxylic acids is 1. The van der Waals surface area contributed by atoms with Crippen molar-refractivity contribution in [3.05, 3.63) is 70.2 Å². The van der Waals surface area contributed by atoms with E-state index in [0.717, 1.165) is 42.4 Å². The molecule has 0 unspecified atom stereocenters. The molecule has 26 heavy (non-hydrogen) atoms. The maximum absolute atomic E-state index is 12.2. The molecule has 4 nitrogen and oxygen atoms in total. The SMILES string of the molecule is O=C(CO/N=C\c1ccc(Br)cc1)N1CCC(Cc2ccccc2)CC1. The van der Waals surface area contributed by atoms with Crippen LogP contribution in [0.5, 0.6) is 0 Å². The van der Waals surface area contributed by atoms with Crippen molar-refractivity contribution in [3.63, 3.8) is 0 Å². The van der Waals surface area contributed by atoms with Crippen molar-refractivity contribution in [3.8, 4) is 0 Å². The predicted molar refractivity (Wildman–Crippen MR) is 107 cm³/mol. The Morgan fingerprint density at radius 2 is 1.81 bits per heavy atom. The highest BCUT2D eigenvalue weighted by molar-refractivity contribution is 9.10. The zero-order valence-corrected chi connectivity index (χ0v) is 16.3. The number of benzene rings is 2. The third-order valence-electron chi connectivity index (χ3n) is 4.67. The second-order valence-corrected chi connectivity index (χ2v) is 7.49. The van der Waals surface area contributed by atoms with Crippen LogP contribution >= 0.6 is 15.9 Å². The number of hydrogen-bond donors (Lipinski definition) is 0. The Balaban J connectivity index is 1.37. The van der Waals surface area contributed by atoms with Crippen LogP contribution in [0.2, 0.25) is 0 Å². The smallest absolute Gasteiger partial charge is 0.263 e. The third kappa shape index (κ3) is 5.70. The fraction of sp³-hybridized carbons (Fsp3) is 0.333. The molecule has 0 aromatic heterocycles. The van der Waals surface area contributed by atoms with Gasteiger partial charge in [-0.05, 0) is 48.4 Å². The molecule has 1 aliphatic heterocycles. The largest absolute Gasteiger partial charge is 0.386 e. The summed E-state index contributed by atoms with van der Waals surface area (Å²) in [7, 11) is 0. The van der Waals surface area contributed by atoms with E-state index in [2.05, 4.69) is 45.4 Å². The first-order valence-electron chi connectivity index (χ1n) is 8.93. The Kier molecular flexibility index (Phi) is 6.83. The first-order valence-corrected chi connectivity index (χ1v) is 9.72. The number of nitrogens with zero attached hydrogens (tertiary/aromatic N) is 2. The van der Waals surface area contributed by atoms with E-state index in [1.54, 1.807) is 6.21 Å². The monoisotopic (exact) mass is 414 g/mol. The summed E-state index contributed by atoms with van der Waals surface area (Å²) in [5, 5.41) is 3.89. The molecule has 0 atom stereocenters. The van der Waals surface area contributed by atoms with Gasteiger partial charge < -0.3 is 9.74 Å². The topological polar surface area (TPSA) is 41.9 Å². The maximum Gasteiger partial charge on any atom is 0.263 e. The van der Waals surface area contributed by atoms with Crippen molar-refractivity contribution in [1.82, 2.24) is 4.90 Å². The zero-order valence-electron chi connectivity index (χ0n) is 14.7. The summed E-state index contributed by atoms with van der Waals surface area (Å²) in [6.07, 6.45) is 4.80. The van der Waals surface area contributed by atoms with Crippen molar-refractivity contribution in [2.75, 3.05) is 19.7 Å². The van der Waals surface area contributed by atoms with Gasteiger partial charge in [-0.15, -0.1) is 0 Å². The lowest BCUT2D eigenvalue weighted by molar-refractivity contribution is -0.137. The Bertz CT molecular complexity index is 723. The number of likely N-dealkylation sites (tertiary alicyclic amines) is 1. The molecule has 5 heteroatoms. The first kappa shape index (κ1) is 18.6. The lowest BCUT2D eigenvalue weighted by atomic mass is 9.90. The highest BCUT2D eigenvalue weighted by Gasteiger charge is 2.23. The van der Waals surface area contributed by atoms with E-state index in [1.165, 1.54) is 5.56 Å². The third-order valence-corrected chi connectivity index (χ3v) is 5.20. The molecule has 136 valence electrons. The molecule has 0 N–H and O–H groups in total. The Labute approximate surface area is 163 Å². The fourth-order valence-corrected chi connectivity index (χ4v) is 3.43. The van der Waals surface area contributed by atoms with Gasteiger partial charge in [0.25, 0.3) is 5.91 Å². The Hall–Kier alpha value is -2.14. The standard InChI is InChI=1S/C21H23BrN2O2/c22-20-8-6-19(7-9-20)15-23-26-16-21(25)24-12-10-18(11-13-24)14-17-4-2-1-3-5-17/h1-9,15,18H,10-14,16H2/b23-15-. The summed E-state index contributed by atoms with van der Waals surface area (Å²) in [5.41, 5.74) is 2.31. The molecule has 0 spiro atoms. The van der Waals surface area contributed by atoms with Gasteiger partial charge in [0.15, 0.2) is 6.61 Å². The number of amides is 1. The summed E-state index contributed by atoms with van der Waals surface area (Å²) in [4.78, 5) is 19.3. The predicted octanol–water partition coefficient (Wildman–Crippen LogP) is 4.28. The molecule has 1 fully saturated rings. The van der Waals surface area contributed by atoms with Crippen molar-refractivity contribution in [2.24, 2.45) is 11.1 Å². The van der Waals surface area contributed by atoms with Gasteiger partial charge in [-0.2, -0.15) is 0 Å². The number of rotatable bonds is 6. The van der Waals surface area contributed by atoms with Crippen LogP contribution in [0.3, 0.4) is 0 Å². The van der Waals surface area contributed by atoms with Crippen LogP contribution in [0.1, 0.15) is 24.0 Å². The van der Waals surface area contributed by atoms with Crippen molar-refractivity contribution in [1.29, 1.82) is 0 Å². The minimum absolute atomic E-state index is 0.00359. The summed E-state index contributed by atoms with van der Waals surface area (Å²) >= 11 is 3.39. The number of halogens is 1. The van der Waals surface area contributed by atoms with Gasteiger partial charge in [0.1, 0.15) is 0 Å². The van der Waals surface area contributed by atoms with Crippen LogP contribution in [0, 0.1) is 5.92 Å². The van der Waals surface area contributed by atoms with Crippen LogP contribution in [-0.4, -0.2) is 36.7 Å². The highest BCUT2D eigenvalue weighted by atomic mass is 79.9. The summed E-state index contributed by atoms with van der Waals surface area (Å²) in [6, 6.07) is 18.3. The average molecular weight is 415 g/mol.